The summed E-state index contributed by atoms with van der Waals surface area (Å²) in [5.74, 6) is -1.08. The fourth-order valence-electron chi connectivity index (χ4n) is 1.80. The van der Waals surface area contributed by atoms with Crippen LogP contribution in [0.15, 0.2) is 18.2 Å². The van der Waals surface area contributed by atoms with Crippen molar-refractivity contribution < 1.29 is 14.3 Å². The number of carbonyl (C=O) groups is 2. The Bertz CT molecular complexity index is 811. The molecule has 1 heterocycles. The molecule has 0 aliphatic heterocycles. The van der Waals surface area contributed by atoms with Crippen LogP contribution in [0.3, 0.4) is 0 Å². The maximum atomic E-state index is 11.9. The molecule has 1 aromatic carbocycles. The average Bonchev–Trinajstić information content (AvgIpc) is 2.84. The lowest BCUT2D eigenvalue weighted by Crippen LogP contribution is -2.20. The van der Waals surface area contributed by atoms with Gasteiger partial charge in [-0.15, -0.1) is 11.3 Å². The van der Waals surface area contributed by atoms with E-state index in [1.807, 2.05) is 6.07 Å². The second-order valence-corrected chi connectivity index (χ2v) is 6.19. The van der Waals surface area contributed by atoms with Crippen molar-refractivity contribution in [2.45, 2.75) is 13.8 Å². The van der Waals surface area contributed by atoms with Gasteiger partial charge in [-0.05, 0) is 32.0 Å². The maximum Gasteiger partial charge on any atom is 0.350 e. The minimum absolute atomic E-state index is 0.234. The summed E-state index contributed by atoms with van der Waals surface area (Å²) in [5.41, 5.74) is 1.31. The Morgan fingerprint density at radius 1 is 1.43 bits per heavy atom. The minimum atomic E-state index is -0.582. The van der Waals surface area contributed by atoms with Gasteiger partial charge in [0, 0.05) is 5.69 Å². The lowest BCUT2D eigenvalue weighted by atomic mass is 10.2. The van der Waals surface area contributed by atoms with E-state index in [1.165, 1.54) is 23.5 Å². The van der Waals surface area contributed by atoms with Crippen molar-refractivity contribution in [3.63, 3.8) is 0 Å². The zero-order valence-corrected chi connectivity index (χ0v) is 13.9. The molecule has 118 valence electrons. The van der Waals surface area contributed by atoms with E-state index >= 15 is 0 Å². The number of nitrogens with one attached hydrogen (secondary N) is 1. The molecule has 0 aliphatic rings. The van der Waals surface area contributed by atoms with Gasteiger partial charge in [-0.1, -0.05) is 11.6 Å². The van der Waals surface area contributed by atoms with Crippen molar-refractivity contribution in [2.24, 2.45) is 0 Å². The summed E-state index contributed by atoms with van der Waals surface area (Å²) in [5, 5.41) is 12.3. The number of aryl methyl sites for hydroxylation is 2. The summed E-state index contributed by atoms with van der Waals surface area (Å²) in [6.07, 6.45) is 0. The second kappa shape index (κ2) is 7.22. The number of rotatable bonds is 4. The van der Waals surface area contributed by atoms with Crippen LogP contribution in [0, 0.1) is 25.2 Å². The molecule has 0 saturated heterocycles. The van der Waals surface area contributed by atoms with Crippen molar-refractivity contribution in [2.75, 3.05) is 11.9 Å². The lowest BCUT2D eigenvalue weighted by Gasteiger charge is -2.07. The number of amides is 1. The molecule has 1 amide bonds. The molecule has 1 aromatic heterocycles. The summed E-state index contributed by atoms with van der Waals surface area (Å²) in [6, 6.07) is 6.41. The van der Waals surface area contributed by atoms with Gasteiger partial charge in [0.1, 0.15) is 10.9 Å². The first kappa shape index (κ1) is 16.9. The quantitative estimate of drug-likeness (QED) is 0.856. The molecule has 6 nitrogen and oxygen atoms in total. The van der Waals surface area contributed by atoms with Crippen molar-refractivity contribution in [3.05, 3.63) is 44.4 Å². The molecule has 2 aromatic rings. The zero-order valence-electron chi connectivity index (χ0n) is 12.3. The lowest BCUT2D eigenvalue weighted by molar-refractivity contribution is -0.119. The maximum absolute atomic E-state index is 11.9. The van der Waals surface area contributed by atoms with Gasteiger partial charge < -0.3 is 10.1 Å². The van der Waals surface area contributed by atoms with Gasteiger partial charge in [0.2, 0.25) is 0 Å². The van der Waals surface area contributed by atoms with Crippen LogP contribution in [0.1, 0.15) is 25.9 Å². The predicted octanol–water partition coefficient (Wildman–Crippen LogP) is 3.08. The van der Waals surface area contributed by atoms with Gasteiger partial charge in [0.25, 0.3) is 5.91 Å². The van der Waals surface area contributed by atoms with Gasteiger partial charge in [0.15, 0.2) is 6.61 Å². The molecule has 0 aliphatic carbocycles. The van der Waals surface area contributed by atoms with Crippen molar-refractivity contribution >= 4 is 40.5 Å². The topological polar surface area (TPSA) is 92.1 Å². The third-order valence-electron chi connectivity index (χ3n) is 2.80. The van der Waals surface area contributed by atoms with E-state index in [0.29, 0.717) is 21.8 Å². The van der Waals surface area contributed by atoms with Gasteiger partial charge in [-0.3, -0.25) is 4.79 Å². The minimum Gasteiger partial charge on any atom is -0.451 e. The molecule has 0 bridgehead atoms. The fourth-order valence-corrected chi connectivity index (χ4v) is 2.83. The summed E-state index contributed by atoms with van der Waals surface area (Å²) >= 11 is 7.09. The molecule has 0 radical (unpaired) electrons. The average molecular weight is 350 g/mol. The third kappa shape index (κ3) is 4.28. The number of nitriles is 1. The second-order valence-electron chi connectivity index (χ2n) is 4.58. The van der Waals surface area contributed by atoms with Crippen LogP contribution in [-0.2, 0) is 9.53 Å². The summed E-state index contributed by atoms with van der Waals surface area (Å²) in [6.45, 7) is 3.07. The van der Waals surface area contributed by atoms with Crippen LogP contribution in [-0.4, -0.2) is 23.5 Å². The number of halogens is 1. The molecule has 2 rings (SSSR count). The number of esters is 1. The number of aromatic nitrogens is 1. The fraction of sp³-hybridized carbons (Fsp3) is 0.200. The molecule has 0 saturated carbocycles. The van der Waals surface area contributed by atoms with Gasteiger partial charge in [0.05, 0.1) is 21.3 Å². The highest BCUT2D eigenvalue weighted by Gasteiger charge is 2.16. The van der Waals surface area contributed by atoms with Gasteiger partial charge in [-0.25, -0.2) is 9.78 Å². The molecule has 0 atom stereocenters. The Balaban J connectivity index is 1.93. The molecule has 23 heavy (non-hydrogen) atoms. The van der Waals surface area contributed by atoms with E-state index in [0.717, 1.165) is 5.01 Å². The highest BCUT2D eigenvalue weighted by molar-refractivity contribution is 7.13. The third-order valence-corrected chi connectivity index (χ3v) is 4.16. The zero-order chi connectivity index (χ0) is 17.0. The monoisotopic (exact) mass is 349 g/mol. The summed E-state index contributed by atoms with van der Waals surface area (Å²) in [4.78, 5) is 28.2. The van der Waals surface area contributed by atoms with E-state index in [9.17, 15) is 9.59 Å². The highest BCUT2D eigenvalue weighted by atomic mass is 35.5. The summed E-state index contributed by atoms with van der Waals surface area (Å²) < 4.78 is 4.97. The molecule has 0 spiro atoms. The van der Waals surface area contributed by atoms with E-state index < -0.39 is 18.5 Å². The molecular weight excluding hydrogens is 338 g/mol. The molecule has 1 N–H and O–H groups in total. The standard InChI is InChI=1S/C15H12ClN3O3S/c1-8-14(23-9(2)18-8)15(21)22-7-13(20)19-11-4-3-10(6-17)12(16)5-11/h3-5H,7H2,1-2H3,(H,19,20). The summed E-state index contributed by atoms with van der Waals surface area (Å²) in [7, 11) is 0. The molecule has 8 heteroatoms. The number of ether oxygens (including phenoxy) is 1. The first-order valence-corrected chi connectivity index (χ1v) is 7.71. The SMILES string of the molecule is Cc1nc(C)c(C(=O)OCC(=O)Nc2ccc(C#N)c(Cl)c2)s1. The normalized spacial score (nSPS) is 10.0. The number of carbonyl (C=O) groups excluding carboxylic acids is 2. The smallest absolute Gasteiger partial charge is 0.350 e. The van der Waals surface area contributed by atoms with Crippen LogP contribution in [0.5, 0.6) is 0 Å². The molecule has 0 fully saturated rings. The number of hydrogen-bond donors (Lipinski definition) is 1. The number of thiazole rings is 1. The van der Waals surface area contributed by atoms with E-state index in [4.69, 9.17) is 21.6 Å². The first-order valence-electron chi connectivity index (χ1n) is 6.51. The van der Waals surface area contributed by atoms with Crippen LogP contribution < -0.4 is 5.32 Å². The highest BCUT2D eigenvalue weighted by Crippen LogP contribution is 2.20. The Morgan fingerprint density at radius 2 is 2.17 bits per heavy atom. The Morgan fingerprint density at radius 3 is 2.74 bits per heavy atom. The van der Waals surface area contributed by atoms with E-state index in [1.54, 1.807) is 19.9 Å². The first-order chi connectivity index (χ1) is 10.9. The van der Waals surface area contributed by atoms with Crippen LogP contribution >= 0.6 is 22.9 Å². The van der Waals surface area contributed by atoms with Crippen molar-refractivity contribution in [3.8, 4) is 6.07 Å². The van der Waals surface area contributed by atoms with Crippen LogP contribution in [0.2, 0.25) is 5.02 Å². The van der Waals surface area contributed by atoms with Gasteiger partial charge in [-0.2, -0.15) is 5.26 Å². The van der Waals surface area contributed by atoms with Crippen molar-refractivity contribution in [1.29, 1.82) is 5.26 Å². The Labute approximate surface area is 141 Å². The predicted molar refractivity (Wildman–Crippen MR) is 86.7 cm³/mol. The number of nitrogens with zero attached hydrogens (tertiary/aromatic N) is 2. The largest absolute Gasteiger partial charge is 0.451 e. The number of anilines is 1. The van der Waals surface area contributed by atoms with E-state index in [2.05, 4.69) is 10.3 Å². The van der Waals surface area contributed by atoms with Gasteiger partial charge >= 0.3 is 5.97 Å². The van der Waals surface area contributed by atoms with Crippen LogP contribution in [0.25, 0.3) is 0 Å². The van der Waals surface area contributed by atoms with E-state index in [-0.39, 0.29) is 5.02 Å². The Kier molecular flexibility index (Phi) is 5.32. The molecule has 0 unspecified atom stereocenters. The molecular formula is C15H12ClN3O3S. The Hall–Kier alpha value is -2.43. The van der Waals surface area contributed by atoms with Crippen molar-refractivity contribution in [1.82, 2.24) is 4.98 Å². The number of benzene rings is 1. The number of hydrogen-bond acceptors (Lipinski definition) is 6. The van der Waals surface area contributed by atoms with Crippen LogP contribution in [0.4, 0.5) is 5.69 Å².